The average Bonchev–Trinajstić information content (AvgIpc) is 2.36. The van der Waals surface area contributed by atoms with Gasteiger partial charge in [-0.3, -0.25) is 11.3 Å². The van der Waals surface area contributed by atoms with Crippen LogP contribution in [-0.2, 0) is 4.74 Å². The van der Waals surface area contributed by atoms with E-state index < -0.39 is 0 Å². The Morgan fingerprint density at radius 1 is 1.41 bits per heavy atom. The molecule has 3 nitrogen and oxygen atoms in total. The average molecular weight is 238 g/mol. The first-order chi connectivity index (χ1) is 8.29. The summed E-state index contributed by atoms with van der Waals surface area (Å²) in [6.07, 6.45) is 14.2. The third-order valence-electron chi connectivity index (χ3n) is 3.78. The van der Waals surface area contributed by atoms with E-state index in [1.165, 1.54) is 19.3 Å². The lowest BCUT2D eigenvalue weighted by Gasteiger charge is -2.43. The number of ether oxygens (including phenoxy) is 1. The van der Waals surface area contributed by atoms with Gasteiger partial charge >= 0.3 is 0 Å². The predicted octanol–water partition coefficient (Wildman–Crippen LogP) is 2.36. The molecule has 1 unspecified atom stereocenters. The first-order valence-electron chi connectivity index (χ1n) is 6.82. The summed E-state index contributed by atoms with van der Waals surface area (Å²) in [5.41, 5.74) is 2.90. The quantitative estimate of drug-likeness (QED) is 0.310. The number of hydrazine groups is 1. The van der Waals surface area contributed by atoms with Gasteiger partial charge in [-0.1, -0.05) is 19.3 Å². The van der Waals surface area contributed by atoms with Gasteiger partial charge in [-0.25, -0.2) is 0 Å². The molecule has 0 aliphatic heterocycles. The summed E-state index contributed by atoms with van der Waals surface area (Å²) in [7, 11) is 0. The fourth-order valence-electron chi connectivity index (χ4n) is 2.94. The lowest BCUT2D eigenvalue weighted by molar-refractivity contribution is -0.0918. The van der Waals surface area contributed by atoms with Crippen molar-refractivity contribution in [2.75, 3.05) is 6.61 Å². The highest BCUT2D eigenvalue weighted by atomic mass is 16.5. The minimum Gasteiger partial charge on any atom is -0.374 e. The topological polar surface area (TPSA) is 47.3 Å². The van der Waals surface area contributed by atoms with Gasteiger partial charge < -0.3 is 4.74 Å². The van der Waals surface area contributed by atoms with Crippen LogP contribution in [0.5, 0.6) is 0 Å². The fraction of sp³-hybridized carbons (Fsp3) is 0.857. The van der Waals surface area contributed by atoms with Gasteiger partial charge in [0.05, 0.1) is 11.6 Å². The van der Waals surface area contributed by atoms with Gasteiger partial charge in [0.1, 0.15) is 0 Å². The molecule has 1 aliphatic rings. The molecule has 0 saturated heterocycles. The van der Waals surface area contributed by atoms with E-state index >= 15 is 0 Å². The highest BCUT2D eigenvalue weighted by Gasteiger charge is 2.39. The summed E-state index contributed by atoms with van der Waals surface area (Å²) in [6.45, 7) is 2.82. The van der Waals surface area contributed by atoms with Crippen LogP contribution in [0.4, 0.5) is 0 Å². The zero-order valence-corrected chi connectivity index (χ0v) is 11.0. The van der Waals surface area contributed by atoms with Gasteiger partial charge in [0.25, 0.3) is 0 Å². The van der Waals surface area contributed by atoms with Crippen molar-refractivity contribution in [3.8, 4) is 12.3 Å². The number of hydrogen-bond donors (Lipinski definition) is 2. The van der Waals surface area contributed by atoms with Crippen molar-refractivity contribution >= 4 is 0 Å². The Bertz CT molecular complexity index is 236. The molecule has 3 N–H and O–H groups in total. The fourth-order valence-corrected chi connectivity index (χ4v) is 2.94. The van der Waals surface area contributed by atoms with Crippen LogP contribution in [-0.4, -0.2) is 18.2 Å². The minimum atomic E-state index is -0.0592. The molecule has 0 aromatic rings. The molecular weight excluding hydrogens is 212 g/mol. The Labute approximate surface area is 105 Å². The summed E-state index contributed by atoms with van der Waals surface area (Å²) in [6, 6.07) is 0.232. The lowest BCUT2D eigenvalue weighted by Crippen LogP contribution is -2.55. The van der Waals surface area contributed by atoms with Gasteiger partial charge in [0.15, 0.2) is 0 Å². The van der Waals surface area contributed by atoms with Gasteiger partial charge in [-0.05, 0) is 32.6 Å². The summed E-state index contributed by atoms with van der Waals surface area (Å²) < 4.78 is 6.06. The van der Waals surface area contributed by atoms with E-state index in [4.69, 9.17) is 17.0 Å². The molecule has 0 radical (unpaired) electrons. The van der Waals surface area contributed by atoms with Crippen LogP contribution >= 0.6 is 0 Å². The van der Waals surface area contributed by atoms with Crippen LogP contribution in [0, 0.1) is 12.3 Å². The SMILES string of the molecule is C#CCCCC(NN)C1(OCC)CCCCC1. The van der Waals surface area contributed by atoms with Crippen molar-refractivity contribution in [3.05, 3.63) is 0 Å². The summed E-state index contributed by atoms with van der Waals surface area (Å²) in [5.74, 6) is 8.40. The number of nitrogens with two attached hydrogens (primary N) is 1. The maximum atomic E-state index is 6.06. The van der Waals surface area contributed by atoms with Crippen molar-refractivity contribution < 1.29 is 4.74 Å². The number of unbranched alkanes of at least 4 members (excludes halogenated alkanes) is 1. The molecule has 1 fully saturated rings. The Kier molecular flexibility index (Phi) is 6.57. The molecule has 1 rings (SSSR count). The Morgan fingerprint density at radius 2 is 2.12 bits per heavy atom. The second kappa shape index (κ2) is 7.71. The minimum absolute atomic E-state index is 0.0592. The molecule has 17 heavy (non-hydrogen) atoms. The van der Waals surface area contributed by atoms with Crippen molar-refractivity contribution in [3.63, 3.8) is 0 Å². The first kappa shape index (κ1) is 14.5. The van der Waals surface area contributed by atoms with Gasteiger partial charge in [0, 0.05) is 13.0 Å². The molecule has 0 amide bonds. The Morgan fingerprint density at radius 3 is 2.65 bits per heavy atom. The monoisotopic (exact) mass is 238 g/mol. The molecule has 0 aromatic carbocycles. The van der Waals surface area contributed by atoms with Crippen molar-refractivity contribution in [2.24, 2.45) is 5.84 Å². The lowest BCUT2D eigenvalue weighted by atomic mass is 9.77. The maximum absolute atomic E-state index is 6.06. The molecule has 0 spiro atoms. The number of rotatable bonds is 7. The summed E-state index contributed by atoms with van der Waals surface area (Å²) >= 11 is 0. The standard InChI is InChI=1S/C14H26N2O/c1-3-5-7-10-13(16-15)14(17-4-2)11-8-6-9-12-14/h1,13,16H,4-12,15H2,2H3. The summed E-state index contributed by atoms with van der Waals surface area (Å²) in [4.78, 5) is 0. The molecule has 1 atom stereocenters. The zero-order chi connectivity index (χ0) is 12.6. The van der Waals surface area contributed by atoms with E-state index in [0.29, 0.717) is 0 Å². The molecule has 1 saturated carbocycles. The van der Waals surface area contributed by atoms with E-state index in [2.05, 4.69) is 18.3 Å². The normalized spacial score (nSPS) is 20.8. The largest absolute Gasteiger partial charge is 0.374 e. The Balaban J connectivity index is 2.61. The summed E-state index contributed by atoms with van der Waals surface area (Å²) in [5, 5.41) is 0. The second-order valence-electron chi connectivity index (χ2n) is 4.87. The Hall–Kier alpha value is -0.560. The number of nitrogens with one attached hydrogen (secondary N) is 1. The smallest absolute Gasteiger partial charge is 0.0848 e. The highest BCUT2D eigenvalue weighted by molar-refractivity contribution is 4.95. The van der Waals surface area contributed by atoms with E-state index in [9.17, 15) is 0 Å². The van der Waals surface area contributed by atoms with Crippen LogP contribution < -0.4 is 11.3 Å². The van der Waals surface area contributed by atoms with Crippen LogP contribution in [0.3, 0.4) is 0 Å². The third-order valence-corrected chi connectivity index (χ3v) is 3.78. The molecule has 1 aliphatic carbocycles. The highest BCUT2D eigenvalue weighted by Crippen LogP contribution is 2.36. The van der Waals surface area contributed by atoms with E-state index in [-0.39, 0.29) is 11.6 Å². The van der Waals surface area contributed by atoms with Crippen LogP contribution in [0.1, 0.15) is 58.3 Å². The number of hydrogen-bond acceptors (Lipinski definition) is 3. The van der Waals surface area contributed by atoms with E-state index in [1.807, 2.05) is 0 Å². The maximum Gasteiger partial charge on any atom is 0.0848 e. The van der Waals surface area contributed by atoms with E-state index in [0.717, 1.165) is 38.7 Å². The second-order valence-corrected chi connectivity index (χ2v) is 4.87. The van der Waals surface area contributed by atoms with Gasteiger partial charge in [0.2, 0.25) is 0 Å². The van der Waals surface area contributed by atoms with Crippen molar-refractivity contribution in [1.29, 1.82) is 0 Å². The molecular formula is C14H26N2O. The van der Waals surface area contributed by atoms with Crippen molar-refractivity contribution in [1.82, 2.24) is 5.43 Å². The van der Waals surface area contributed by atoms with Crippen LogP contribution in [0.2, 0.25) is 0 Å². The van der Waals surface area contributed by atoms with Crippen LogP contribution in [0.15, 0.2) is 0 Å². The van der Waals surface area contributed by atoms with Crippen LogP contribution in [0.25, 0.3) is 0 Å². The zero-order valence-electron chi connectivity index (χ0n) is 11.0. The molecule has 3 heteroatoms. The molecule has 0 aromatic heterocycles. The van der Waals surface area contributed by atoms with E-state index in [1.54, 1.807) is 0 Å². The first-order valence-corrected chi connectivity index (χ1v) is 6.82. The molecule has 98 valence electrons. The van der Waals surface area contributed by atoms with Gasteiger partial charge in [-0.15, -0.1) is 12.3 Å². The van der Waals surface area contributed by atoms with Gasteiger partial charge in [-0.2, -0.15) is 0 Å². The predicted molar refractivity (Wildman–Crippen MR) is 71.2 cm³/mol. The van der Waals surface area contributed by atoms with Crippen molar-refractivity contribution in [2.45, 2.75) is 69.9 Å². The third kappa shape index (κ3) is 3.99. The molecule has 0 heterocycles. The number of terminal acetylenes is 1. The molecule has 0 bridgehead atoms.